The molecule has 3 aromatic rings. The third-order valence-corrected chi connectivity index (χ3v) is 5.56. The summed E-state index contributed by atoms with van der Waals surface area (Å²) in [4.78, 5) is 16.2. The highest BCUT2D eigenvalue weighted by Crippen LogP contribution is 2.38. The van der Waals surface area contributed by atoms with Gasteiger partial charge in [-0.05, 0) is 56.4 Å². The van der Waals surface area contributed by atoms with Crippen molar-refractivity contribution in [2.45, 2.75) is 38.8 Å². The van der Waals surface area contributed by atoms with Crippen molar-refractivity contribution < 1.29 is 9.90 Å². The Balaban J connectivity index is 1.61. The molecule has 1 aromatic carbocycles. The molecule has 0 aliphatic heterocycles. The van der Waals surface area contributed by atoms with Crippen LogP contribution >= 0.6 is 0 Å². The van der Waals surface area contributed by atoms with Crippen LogP contribution in [-0.2, 0) is 7.05 Å². The second-order valence-corrected chi connectivity index (χ2v) is 7.42. The number of amides is 1. The van der Waals surface area contributed by atoms with Crippen LogP contribution < -0.4 is 5.32 Å². The molecule has 136 valence electrons. The van der Waals surface area contributed by atoms with E-state index in [-0.39, 0.29) is 24.0 Å². The summed E-state index contributed by atoms with van der Waals surface area (Å²) < 4.78 is 1.74. The van der Waals surface area contributed by atoms with E-state index < -0.39 is 0 Å². The fourth-order valence-electron chi connectivity index (χ4n) is 3.80. The fraction of sp³-hybridized carbons (Fsp3) is 0.400. The normalized spacial score (nSPS) is 20.8. The number of aromatic nitrogens is 3. The van der Waals surface area contributed by atoms with Crippen LogP contribution in [0.25, 0.3) is 10.9 Å². The van der Waals surface area contributed by atoms with E-state index in [0.717, 1.165) is 22.2 Å². The first-order valence-corrected chi connectivity index (χ1v) is 8.98. The van der Waals surface area contributed by atoms with Gasteiger partial charge in [-0.15, -0.1) is 0 Å². The lowest BCUT2D eigenvalue weighted by atomic mass is 9.75. The van der Waals surface area contributed by atoms with E-state index in [0.29, 0.717) is 18.4 Å². The predicted octanol–water partition coefficient (Wildman–Crippen LogP) is 2.76. The Morgan fingerprint density at radius 2 is 2.15 bits per heavy atom. The zero-order chi connectivity index (χ0) is 18.4. The van der Waals surface area contributed by atoms with Gasteiger partial charge in [0.1, 0.15) is 0 Å². The highest BCUT2D eigenvalue weighted by Gasteiger charge is 2.36. The number of aliphatic hydroxyl groups is 1. The van der Waals surface area contributed by atoms with Gasteiger partial charge < -0.3 is 15.4 Å². The smallest absolute Gasteiger partial charge is 0.251 e. The SMILES string of the molecule is Cc1[nH]c2ccc(C(=O)N[C@@H](c3cnn(C)c3)C3CC(O)C3)cc2c1C. The van der Waals surface area contributed by atoms with Crippen molar-refractivity contribution >= 4 is 16.8 Å². The number of aromatic amines is 1. The van der Waals surface area contributed by atoms with E-state index in [1.54, 1.807) is 10.9 Å². The molecule has 3 N–H and O–H groups in total. The van der Waals surface area contributed by atoms with Crippen molar-refractivity contribution in [1.82, 2.24) is 20.1 Å². The van der Waals surface area contributed by atoms with E-state index in [9.17, 15) is 9.90 Å². The number of H-pyrrole nitrogens is 1. The van der Waals surface area contributed by atoms with E-state index in [4.69, 9.17) is 0 Å². The molecule has 2 aromatic heterocycles. The van der Waals surface area contributed by atoms with Crippen LogP contribution in [0.1, 0.15) is 46.1 Å². The summed E-state index contributed by atoms with van der Waals surface area (Å²) >= 11 is 0. The summed E-state index contributed by atoms with van der Waals surface area (Å²) in [5, 5.41) is 18.2. The molecule has 1 fully saturated rings. The zero-order valence-corrected chi connectivity index (χ0v) is 15.3. The summed E-state index contributed by atoms with van der Waals surface area (Å²) in [6.07, 6.45) is 4.86. The van der Waals surface area contributed by atoms with Crippen LogP contribution in [0.2, 0.25) is 0 Å². The summed E-state index contributed by atoms with van der Waals surface area (Å²) in [5.74, 6) is 0.138. The predicted molar refractivity (Wildman–Crippen MR) is 99.9 cm³/mol. The number of nitrogens with zero attached hydrogens (tertiary/aromatic N) is 2. The molecule has 1 amide bonds. The van der Waals surface area contributed by atoms with Gasteiger partial charge in [-0.2, -0.15) is 5.10 Å². The molecule has 4 rings (SSSR count). The second-order valence-electron chi connectivity index (χ2n) is 7.42. The topological polar surface area (TPSA) is 82.9 Å². The lowest BCUT2D eigenvalue weighted by Gasteiger charge is -2.37. The summed E-state index contributed by atoms with van der Waals surface area (Å²) in [7, 11) is 1.86. The third-order valence-electron chi connectivity index (χ3n) is 5.56. The fourth-order valence-corrected chi connectivity index (χ4v) is 3.80. The summed E-state index contributed by atoms with van der Waals surface area (Å²) in [6, 6.07) is 5.61. The Labute approximate surface area is 152 Å². The van der Waals surface area contributed by atoms with Crippen molar-refractivity contribution in [2.75, 3.05) is 0 Å². The van der Waals surface area contributed by atoms with Gasteiger partial charge >= 0.3 is 0 Å². The Kier molecular flexibility index (Phi) is 4.07. The number of aliphatic hydroxyl groups excluding tert-OH is 1. The van der Waals surface area contributed by atoms with Crippen LogP contribution in [0.5, 0.6) is 0 Å². The number of rotatable bonds is 4. The molecule has 0 unspecified atom stereocenters. The zero-order valence-electron chi connectivity index (χ0n) is 15.3. The van der Waals surface area contributed by atoms with Crippen LogP contribution in [0.3, 0.4) is 0 Å². The Bertz CT molecular complexity index is 966. The van der Waals surface area contributed by atoms with Crippen molar-refractivity contribution in [3.05, 3.63) is 53.0 Å². The van der Waals surface area contributed by atoms with Crippen molar-refractivity contribution in [2.24, 2.45) is 13.0 Å². The van der Waals surface area contributed by atoms with Gasteiger partial charge in [0.15, 0.2) is 0 Å². The molecule has 1 saturated carbocycles. The number of fused-ring (bicyclic) bond motifs is 1. The molecule has 1 atom stereocenters. The third kappa shape index (κ3) is 2.90. The van der Waals surface area contributed by atoms with Gasteiger partial charge in [0.05, 0.1) is 18.3 Å². The maximum Gasteiger partial charge on any atom is 0.251 e. The average Bonchev–Trinajstić information content (AvgIpc) is 3.13. The first kappa shape index (κ1) is 16.8. The van der Waals surface area contributed by atoms with Crippen molar-refractivity contribution in [1.29, 1.82) is 0 Å². The molecular weight excluding hydrogens is 328 g/mol. The van der Waals surface area contributed by atoms with Crippen molar-refractivity contribution in [3.63, 3.8) is 0 Å². The van der Waals surface area contributed by atoms with Crippen molar-refractivity contribution in [3.8, 4) is 0 Å². The lowest BCUT2D eigenvalue weighted by Crippen LogP contribution is -2.41. The largest absolute Gasteiger partial charge is 0.393 e. The molecule has 1 aliphatic carbocycles. The highest BCUT2D eigenvalue weighted by atomic mass is 16.3. The first-order chi connectivity index (χ1) is 12.4. The first-order valence-electron chi connectivity index (χ1n) is 8.98. The number of nitrogens with one attached hydrogen (secondary N) is 2. The van der Waals surface area contributed by atoms with Gasteiger partial charge in [-0.3, -0.25) is 9.48 Å². The molecule has 0 bridgehead atoms. The molecule has 0 saturated heterocycles. The molecule has 26 heavy (non-hydrogen) atoms. The van der Waals surface area contributed by atoms with Gasteiger partial charge in [0.25, 0.3) is 5.91 Å². The molecular formula is C20H24N4O2. The van der Waals surface area contributed by atoms with E-state index in [2.05, 4.69) is 22.3 Å². The van der Waals surface area contributed by atoms with Gasteiger partial charge in [0, 0.05) is 41.0 Å². The van der Waals surface area contributed by atoms with E-state index in [1.165, 1.54) is 5.56 Å². The van der Waals surface area contributed by atoms with Gasteiger partial charge in [-0.1, -0.05) is 0 Å². The minimum atomic E-state index is -0.266. The standard InChI is InChI=1S/C20H24N4O2/c1-11-12(2)22-18-5-4-13(8-17(11)18)20(26)23-19(14-6-16(25)7-14)15-9-21-24(3)10-15/h4-5,8-10,14,16,19,22,25H,6-7H2,1-3H3,(H,23,26)/t14?,16?,19-/m1/s1. The number of carbonyl (C=O) groups is 1. The Morgan fingerprint density at radius 1 is 1.38 bits per heavy atom. The van der Waals surface area contributed by atoms with Crippen LogP contribution in [-0.4, -0.2) is 31.9 Å². The second kappa shape index (κ2) is 6.29. The summed E-state index contributed by atoms with van der Waals surface area (Å²) in [6.45, 7) is 4.10. The van der Waals surface area contributed by atoms with E-state index >= 15 is 0 Å². The highest BCUT2D eigenvalue weighted by molar-refractivity contribution is 5.99. The number of carbonyl (C=O) groups excluding carboxylic acids is 1. The molecule has 0 radical (unpaired) electrons. The molecule has 1 aliphatic rings. The van der Waals surface area contributed by atoms with Gasteiger partial charge in [0.2, 0.25) is 0 Å². The monoisotopic (exact) mass is 352 g/mol. The molecule has 2 heterocycles. The lowest BCUT2D eigenvalue weighted by molar-refractivity contribution is 0.0235. The number of benzene rings is 1. The van der Waals surface area contributed by atoms with Crippen LogP contribution in [0, 0.1) is 19.8 Å². The number of hydrogen-bond donors (Lipinski definition) is 3. The maximum absolute atomic E-state index is 12.9. The van der Waals surface area contributed by atoms with Gasteiger partial charge in [-0.25, -0.2) is 0 Å². The van der Waals surface area contributed by atoms with E-state index in [1.807, 2.05) is 38.4 Å². The quantitative estimate of drug-likeness (QED) is 0.675. The van der Waals surface area contributed by atoms with Crippen LogP contribution in [0.4, 0.5) is 0 Å². The number of aryl methyl sites for hydroxylation is 3. The average molecular weight is 352 g/mol. The minimum absolute atomic E-state index is 0.0969. The van der Waals surface area contributed by atoms with Crippen LogP contribution in [0.15, 0.2) is 30.6 Å². The summed E-state index contributed by atoms with van der Waals surface area (Å²) in [5.41, 5.74) is 4.96. The maximum atomic E-state index is 12.9. The molecule has 0 spiro atoms. The Morgan fingerprint density at radius 3 is 2.81 bits per heavy atom. The minimum Gasteiger partial charge on any atom is -0.393 e. The molecule has 6 nitrogen and oxygen atoms in total. The number of hydrogen-bond acceptors (Lipinski definition) is 3. The Hall–Kier alpha value is -2.60. The molecule has 6 heteroatoms.